The Morgan fingerprint density at radius 1 is 1.40 bits per heavy atom. The number of anilines is 1. The van der Waals surface area contributed by atoms with E-state index in [2.05, 4.69) is 0 Å². The zero-order valence-corrected chi connectivity index (χ0v) is 12.9. The molecule has 0 unspecified atom stereocenters. The van der Waals surface area contributed by atoms with E-state index in [-0.39, 0.29) is 20.6 Å². The molecule has 10 heteroatoms. The number of benzene rings is 1. The molecule has 7 nitrogen and oxygen atoms in total. The summed E-state index contributed by atoms with van der Waals surface area (Å²) < 4.78 is 23.5. The second-order valence-electron chi connectivity index (χ2n) is 3.91. The first kappa shape index (κ1) is 16.5. The fraction of sp³-hybridized carbons (Fsp3) is 0.200. The number of nitrogens with zero attached hydrogens (tertiary/aromatic N) is 1. The summed E-state index contributed by atoms with van der Waals surface area (Å²) in [6, 6.07) is 1.70. The van der Waals surface area contributed by atoms with Gasteiger partial charge in [-0.15, -0.1) is 0 Å². The SMILES string of the molecule is CN(C(=O)NC(=N)N)c1c(Cl)cc(Cl)cc1S(C)(=O)=O. The normalized spacial score (nSPS) is 11.0. The molecule has 1 rings (SSSR count). The summed E-state index contributed by atoms with van der Waals surface area (Å²) in [5, 5.41) is 9.12. The largest absolute Gasteiger partial charge is 0.370 e. The highest BCUT2D eigenvalue weighted by molar-refractivity contribution is 7.90. The van der Waals surface area contributed by atoms with Crippen LogP contribution in [-0.4, -0.2) is 33.7 Å². The number of sulfone groups is 1. The molecule has 0 saturated heterocycles. The predicted molar refractivity (Wildman–Crippen MR) is 78.4 cm³/mol. The minimum absolute atomic E-state index is 0.0147. The highest BCUT2D eigenvalue weighted by Crippen LogP contribution is 2.35. The Morgan fingerprint density at radius 3 is 2.40 bits per heavy atom. The van der Waals surface area contributed by atoms with Crippen molar-refractivity contribution in [3.8, 4) is 0 Å². The van der Waals surface area contributed by atoms with Crippen molar-refractivity contribution in [3.05, 3.63) is 22.2 Å². The first-order valence-corrected chi connectivity index (χ1v) is 7.76. The third-order valence-electron chi connectivity index (χ3n) is 2.27. The Labute approximate surface area is 126 Å². The topological polar surface area (TPSA) is 116 Å². The van der Waals surface area contributed by atoms with Gasteiger partial charge in [-0.25, -0.2) is 13.2 Å². The van der Waals surface area contributed by atoms with Crippen LogP contribution < -0.4 is 16.0 Å². The van der Waals surface area contributed by atoms with Crippen molar-refractivity contribution in [2.24, 2.45) is 5.73 Å². The van der Waals surface area contributed by atoms with Gasteiger partial charge in [-0.3, -0.25) is 15.6 Å². The van der Waals surface area contributed by atoms with E-state index >= 15 is 0 Å². The van der Waals surface area contributed by atoms with Gasteiger partial charge in [0, 0.05) is 18.3 Å². The van der Waals surface area contributed by atoms with Gasteiger partial charge in [-0.05, 0) is 12.1 Å². The van der Waals surface area contributed by atoms with Crippen LogP contribution in [0.2, 0.25) is 10.0 Å². The molecule has 0 aliphatic rings. The first-order valence-electron chi connectivity index (χ1n) is 5.12. The molecule has 0 aliphatic carbocycles. The molecule has 0 bridgehead atoms. The van der Waals surface area contributed by atoms with E-state index in [1.165, 1.54) is 19.2 Å². The molecule has 110 valence electrons. The number of nitrogens with two attached hydrogens (primary N) is 1. The number of halogens is 2. The van der Waals surface area contributed by atoms with Gasteiger partial charge in [-0.2, -0.15) is 0 Å². The number of urea groups is 1. The summed E-state index contributed by atoms with van der Waals surface area (Å²) in [6.45, 7) is 0. The molecular formula is C10H12Cl2N4O3S. The third-order valence-corrected chi connectivity index (χ3v) is 3.89. The van der Waals surface area contributed by atoms with Crippen LogP contribution in [0, 0.1) is 5.41 Å². The molecule has 0 atom stereocenters. The number of amides is 2. The number of carbonyl (C=O) groups is 1. The zero-order valence-electron chi connectivity index (χ0n) is 10.6. The third kappa shape index (κ3) is 3.75. The first-order chi connectivity index (χ1) is 9.04. The Morgan fingerprint density at radius 2 is 1.95 bits per heavy atom. The van der Waals surface area contributed by atoms with Crippen molar-refractivity contribution in [2.45, 2.75) is 4.90 Å². The summed E-state index contributed by atoms with van der Waals surface area (Å²) in [6.07, 6.45) is 0.967. The molecular weight excluding hydrogens is 327 g/mol. The molecule has 0 spiro atoms. The van der Waals surface area contributed by atoms with Crippen molar-refractivity contribution in [3.63, 3.8) is 0 Å². The fourth-order valence-electron chi connectivity index (χ4n) is 1.45. The molecule has 0 aliphatic heterocycles. The minimum Gasteiger partial charge on any atom is -0.370 e. The monoisotopic (exact) mass is 338 g/mol. The maximum Gasteiger partial charge on any atom is 0.328 e. The highest BCUT2D eigenvalue weighted by atomic mass is 35.5. The van der Waals surface area contributed by atoms with E-state index in [9.17, 15) is 13.2 Å². The van der Waals surface area contributed by atoms with Gasteiger partial charge >= 0.3 is 6.03 Å². The molecule has 0 radical (unpaired) electrons. The molecule has 1 aromatic rings. The van der Waals surface area contributed by atoms with Gasteiger partial charge in [-0.1, -0.05) is 23.2 Å². The number of carbonyl (C=O) groups excluding carboxylic acids is 1. The van der Waals surface area contributed by atoms with Crippen molar-refractivity contribution in [1.29, 1.82) is 5.41 Å². The molecule has 2 amide bonds. The van der Waals surface area contributed by atoms with Crippen molar-refractivity contribution < 1.29 is 13.2 Å². The summed E-state index contributed by atoms with van der Waals surface area (Å²) >= 11 is 11.7. The van der Waals surface area contributed by atoms with E-state index in [4.69, 9.17) is 34.3 Å². The fourth-order valence-corrected chi connectivity index (χ4v) is 3.13. The smallest absolute Gasteiger partial charge is 0.328 e. The standard InChI is InChI=1S/C10H12Cl2N4O3S/c1-16(10(17)15-9(13)14)8-6(12)3-5(11)4-7(8)20(2,18)19/h3-4H,1-2H3,(H4,13,14,15,17). The Kier molecular flexibility index (Phi) is 4.85. The molecule has 20 heavy (non-hydrogen) atoms. The molecule has 0 saturated carbocycles. The van der Waals surface area contributed by atoms with Crippen LogP contribution in [0.25, 0.3) is 0 Å². The van der Waals surface area contributed by atoms with Crippen LogP contribution in [0.4, 0.5) is 10.5 Å². The lowest BCUT2D eigenvalue weighted by Crippen LogP contribution is -2.44. The number of guanidine groups is 1. The van der Waals surface area contributed by atoms with E-state index in [0.717, 1.165) is 11.2 Å². The Bertz CT molecular complexity index is 675. The molecule has 0 aromatic heterocycles. The summed E-state index contributed by atoms with van der Waals surface area (Å²) in [5.74, 6) is -0.576. The van der Waals surface area contributed by atoms with Gasteiger partial charge in [0.1, 0.15) is 0 Å². The number of hydrogen-bond donors (Lipinski definition) is 3. The summed E-state index contributed by atoms with van der Waals surface area (Å²) in [5.41, 5.74) is 5.00. The molecule has 4 N–H and O–H groups in total. The lowest BCUT2D eigenvalue weighted by molar-refractivity contribution is 0.251. The number of hydrogen-bond acceptors (Lipinski definition) is 4. The highest BCUT2D eigenvalue weighted by Gasteiger charge is 2.24. The molecule has 0 fully saturated rings. The van der Waals surface area contributed by atoms with Gasteiger partial charge in [0.15, 0.2) is 15.8 Å². The second kappa shape index (κ2) is 5.86. The maximum absolute atomic E-state index is 11.8. The lowest BCUT2D eigenvalue weighted by Gasteiger charge is -2.21. The van der Waals surface area contributed by atoms with Gasteiger partial charge in [0.05, 0.1) is 15.6 Å². The van der Waals surface area contributed by atoms with Crippen LogP contribution in [0.15, 0.2) is 17.0 Å². The van der Waals surface area contributed by atoms with Crippen LogP contribution >= 0.6 is 23.2 Å². The zero-order chi connectivity index (χ0) is 15.7. The molecule has 0 heterocycles. The van der Waals surface area contributed by atoms with Crippen molar-refractivity contribution in [1.82, 2.24) is 5.32 Å². The predicted octanol–water partition coefficient (Wildman–Crippen LogP) is 1.44. The van der Waals surface area contributed by atoms with Gasteiger partial charge in [0.2, 0.25) is 0 Å². The van der Waals surface area contributed by atoms with Crippen LogP contribution in [-0.2, 0) is 9.84 Å². The minimum atomic E-state index is -3.66. The van der Waals surface area contributed by atoms with Crippen LogP contribution in [0.5, 0.6) is 0 Å². The van der Waals surface area contributed by atoms with Crippen molar-refractivity contribution in [2.75, 3.05) is 18.2 Å². The van der Waals surface area contributed by atoms with E-state index in [0.29, 0.717) is 0 Å². The number of rotatable bonds is 2. The molecule has 1 aromatic carbocycles. The van der Waals surface area contributed by atoms with E-state index in [1.54, 1.807) is 0 Å². The van der Waals surface area contributed by atoms with E-state index in [1.807, 2.05) is 5.32 Å². The van der Waals surface area contributed by atoms with Crippen LogP contribution in [0.3, 0.4) is 0 Å². The Hall–Kier alpha value is -1.51. The Balaban J connectivity index is 3.44. The summed E-state index contributed by atoms with van der Waals surface area (Å²) in [7, 11) is -2.37. The second-order valence-corrected chi connectivity index (χ2v) is 6.74. The van der Waals surface area contributed by atoms with E-state index < -0.39 is 21.8 Å². The van der Waals surface area contributed by atoms with Gasteiger partial charge < -0.3 is 5.73 Å². The van der Waals surface area contributed by atoms with Crippen LogP contribution in [0.1, 0.15) is 0 Å². The quantitative estimate of drug-likeness (QED) is 0.558. The lowest BCUT2D eigenvalue weighted by atomic mass is 10.3. The average Bonchev–Trinajstić information content (AvgIpc) is 2.24. The average molecular weight is 339 g/mol. The summed E-state index contributed by atoms with van der Waals surface area (Å²) in [4.78, 5) is 12.5. The number of nitrogens with one attached hydrogen (secondary N) is 2. The van der Waals surface area contributed by atoms with Crippen molar-refractivity contribution >= 4 is 50.7 Å². The van der Waals surface area contributed by atoms with Gasteiger partial charge in [0.25, 0.3) is 0 Å². The maximum atomic E-state index is 11.8.